The van der Waals surface area contributed by atoms with Gasteiger partial charge in [0.05, 0.1) is 36.7 Å². The van der Waals surface area contributed by atoms with Crippen LogP contribution in [-0.2, 0) is 13.1 Å². The highest BCUT2D eigenvalue weighted by molar-refractivity contribution is 6.30. The molecule has 2 aromatic carbocycles. The number of carbonyl (C=O) groups excluding carboxylic acids is 1. The molecule has 1 fully saturated rings. The number of urea groups is 1. The molecule has 1 N–H and O–H groups in total. The molecule has 0 bridgehead atoms. The third-order valence-corrected chi connectivity index (χ3v) is 5.38. The van der Waals surface area contributed by atoms with E-state index in [9.17, 15) is 4.79 Å². The van der Waals surface area contributed by atoms with Crippen LogP contribution < -0.4 is 4.48 Å². The maximum atomic E-state index is 13.6. The van der Waals surface area contributed by atoms with Gasteiger partial charge < -0.3 is 4.98 Å². The van der Waals surface area contributed by atoms with Gasteiger partial charge in [0.1, 0.15) is 18.8 Å². The third kappa shape index (κ3) is 4.13. The quantitative estimate of drug-likeness (QED) is 0.607. The van der Waals surface area contributed by atoms with Crippen molar-refractivity contribution in [1.29, 1.82) is 5.26 Å². The zero-order valence-electron chi connectivity index (χ0n) is 15.6. The summed E-state index contributed by atoms with van der Waals surface area (Å²) in [4.78, 5) is 22.5. The number of H-pyrrole nitrogens is 1. The molecule has 1 atom stereocenters. The molecule has 1 saturated heterocycles. The highest BCUT2D eigenvalue weighted by Crippen LogP contribution is 2.34. The van der Waals surface area contributed by atoms with E-state index in [1.807, 2.05) is 41.3 Å². The number of nitrogens with one attached hydrogen (secondary N) is 1. The molecule has 0 aliphatic carbocycles. The Kier molecular flexibility index (Phi) is 6.23. The second kappa shape index (κ2) is 8.66. The van der Waals surface area contributed by atoms with Gasteiger partial charge in [0.25, 0.3) is 0 Å². The Morgan fingerprint density at radius 1 is 1.24 bits per heavy atom. The summed E-state index contributed by atoms with van der Waals surface area (Å²) in [6.07, 6.45) is 3.35. The minimum absolute atomic E-state index is 0. The monoisotopic (exact) mass is 428 g/mol. The number of hydrogen-bond acceptors (Lipinski definition) is 3. The van der Waals surface area contributed by atoms with Gasteiger partial charge in [-0.05, 0) is 24.3 Å². The van der Waals surface area contributed by atoms with Crippen LogP contribution in [0.2, 0.25) is 5.02 Å². The maximum Gasteiger partial charge on any atom is 0.425 e. The number of quaternary nitrogens is 1. The van der Waals surface area contributed by atoms with Crippen molar-refractivity contribution in [1.82, 2.24) is 19.4 Å². The minimum Gasteiger partial charge on any atom is -0.347 e. The molecule has 29 heavy (non-hydrogen) atoms. The zero-order valence-corrected chi connectivity index (χ0v) is 17.2. The van der Waals surface area contributed by atoms with E-state index >= 15 is 0 Å². The Morgan fingerprint density at radius 2 is 2.03 bits per heavy atom. The van der Waals surface area contributed by atoms with E-state index in [0.29, 0.717) is 36.8 Å². The second-order valence-electron chi connectivity index (χ2n) is 6.92. The number of imidazole rings is 1. The molecular weight excluding hydrogens is 409 g/mol. The summed E-state index contributed by atoms with van der Waals surface area (Å²) >= 11 is 6.24. The number of rotatable bonds is 5. The Morgan fingerprint density at radius 3 is 2.69 bits per heavy atom. The molecule has 3 aromatic rings. The van der Waals surface area contributed by atoms with Gasteiger partial charge in [0, 0.05) is 22.8 Å². The molecule has 1 aromatic heterocycles. The molecule has 1 aliphatic rings. The van der Waals surface area contributed by atoms with Gasteiger partial charge in [-0.25, -0.2) is 14.3 Å². The number of halogens is 2. The Labute approximate surface area is 180 Å². The van der Waals surface area contributed by atoms with Crippen LogP contribution in [0.15, 0.2) is 61.1 Å². The Bertz CT molecular complexity index is 1030. The Balaban J connectivity index is 0.00000240. The summed E-state index contributed by atoms with van der Waals surface area (Å²) in [6.45, 7) is 2.28. The average molecular weight is 429 g/mol. The van der Waals surface area contributed by atoms with Crippen LogP contribution >= 0.6 is 24.0 Å². The first-order chi connectivity index (χ1) is 13.6. The van der Waals surface area contributed by atoms with Crippen LogP contribution in [0.1, 0.15) is 16.8 Å². The van der Waals surface area contributed by atoms with Gasteiger partial charge in [-0.3, -0.25) is 4.90 Å². The minimum atomic E-state index is 0. The smallest absolute Gasteiger partial charge is 0.347 e. The van der Waals surface area contributed by atoms with Crippen molar-refractivity contribution in [3.63, 3.8) is 0 Å². The van der Waals surface area contributed by atoms with Crippen molar-refractivity contribution < 1.29 is 4.79 Å². The summed E-state index contributed by atoms with van der Waals surface area (Å²) in [5.74, 6) is 0. The van der Waals surface area contributed by atoms with Crippen molar-refractivity contribution in [3.8, 4) is 6.07 Å². The van der Waals surface area contributed by atoms with Gasteiger partial charge in [0.2, 0.25) is 0 Å². The van der Waals surface area contributed by atoms with Crippen molar-refractivity contribution in [2.75, 3.05) is 13.1 Å². The summed E-state index contributed by atoms with van der Waals surface area (Å²) in [7, 11) is 0. The van der Waals surface area contributed by atoms with Gasteiger partial charge in [-0.1, -0.05) is 29.8 Å². The fourth-order valence-electron chi connectivity index (χ4n) is 3.69. The van der Waals surface area contributed by atoms with Crippen molar-refractivity contribution in [3.05, 3.63) is 82.9 Å². The number of nitriles is 1. The van der Waals surface area contributed by atoms with Gasteiger partial charge in [0.15, 0.2) is 0 Å². The lowest BCUT2D eigenvalue weighted by molar-refractivity contribution is 0.188. The molecule has 148 valence electrons. The third-order valence-electron chi connectivity index (χ3n) is 5.14. The van der Waals surface area contributed by atoms with Gasteiger partial charge >= 0.3 is 6.03 Å². The highest BCUT2D eigenvalue weighted by Gasteiger charge is 2.48. The van der Waals surface area contributed by atoms with Crippen LogP contribution in [-0.4, -0.2) is 34.0 Å². The number of aromatic amines is 1. The van der Waals surface area contributed by atoms with Crippen LogP contribution in [0, 0.1) is 11.3 Å². The van der Waals surface area contributed by atoms with Crippen LogP contribution in [0.25, 0.3) is 0 Å². The molecule has 4 rings (SSSR count). The molecule has 1 unspecified atom stereocenters. The largest absolute Gasteiger partial charge is 0.425 e. The lowest BCUT2D eigenvalue weighted by Gasteiger charge is -2.30. The number of aromatic nitrogens is 2. The predicted octanol–water partition coefficient (Wildman–Crippen LogP) is 4.50. The molecule has 1 aliphatic heterocycles. The van der Waals surface area contributed by atoms with E-state index in [2.05, 4.69) is 16.0 Å². The van der Waals surface area contributed by atoms with E-state index in [4.69, 9.17) is 16.9 Å². The lowest BCUT2D eigenvalue weighted by atomic mass is 10.1. The van der Waals surface area contributed by atoms with Crippen molar-refractivity contribution in [2.24, 2.45) is 0 Å². The summed E-state index contributed by atoms with van der Waals surface area (Å²) in [5.41, 5.74) is 3.37. The van der Waals surface area contributed by atoms with Crippen molar-refractivity contribution >= 4 is 35.7 Å². The number of benzene rings is 2. The first-order valence-corrected chi connectivity index (χ1v) is 9.37. The lowest BCUT2D eigenvalue weighted by Crippen LogP contribution is -2.51. The first kappa shape index (κ1) is 20.9. The zero-order chi connectivity index (χ0) is 19.6. The SMILES string of the molecule is Cl.N#Cc1ccc(C[N+]2(c3cccc(Cl)c3)CCN(Cc3cnc[nH]3)C2=O)cc1. The number of amides is 2. The van der Waals surface area contributed by atoms with E-state index in [0.717, 1.165) is 16.9 Å². The molecule has 6 nitrogen and oxygen atoms in total. The standard InChI is InChI=1S/C21H19ClN5O.ClH/c22-18-2-1-3-20(10-18)27(14-17-6-4-16(11-23)5-7-17)9-8-26(21(27)28)13-19-12-24-15-25-19;/h1-7,10,12,15H,8-9,13-14H2,(H,24,25);1H/q+1;. The van der Waals surface area contributed by atoms with E-state index in [-0.39, 0.29) is 22.9 Å². The molecule has 0 spiro atoms. The molecular formula is C21H20Cl2N5O+. The number of nitrogens with zero attached hydrogens (tertiary/aromatic N) is 4. The Hall–Kier alpha value is -2.85. The van der Waals surface area contributed by atoms with E-state index < -0.39 is 0 Å². The first-order valence-electron chi connectivity index (χ1n) is 9.00. The van der Waals surface area contributed by atoms with E-state index in [1.54, 1.807) is 24.7 Å². The molecule has 2 heterocycles. The van der Waals surface area contributed by atoms with Gasteiger partial charge in [-0.2, -0.15) is 5.26 Å². The molecule has 8 heteroatoms. The van der Waals surface area contributed by atoms with E-state index in [1.165, 1.54) is 0 Å². The topological polar surface area (TPSA) is 72.8 Å². The maximum absolute atomic E-state index is 13.6. The summed E-state index contributed by atoms with van der Waals surface area (Å²) < 4.78 is 0.167. The van der Waals surface area contributed by atoms with Crippen LogP contribution in [0.4, 0.5) is 10.5 Å². The van der Waals surface area contributed by atoms with Crippen LogP contribution in [0.5, 0.6) is 0 Å². The number of carbonyl (C=O) groups is 1. The normalized spacial score (nSPS) is 18.3. The van der Waals surface area contributed by atoms with Crippen LogP contribution in [0.3, 0.4) is 0 Å². The van der Waals surface area contributed by atoms with Crippen molar-refractivity contribution in [2.45, 2.75) is 13.1 Å². The molecule has 2 amide bonds. The molecule has 0 saturated carbocycles. The highest BCUT2D eigenvalue weighted by atomic mass is 35.5. The molecule has 0 radical (unpaired) electrons. The average Bonchev–Trinajstić information content (AvgIpc) is 3.33. The fourth-order valence-corrected chi connectivity index (χ4v) is 3.88. The summed E-state index contributed by atoms with van der Waals surface area (Å²) in [5, 5.41) is 9.64. The fraction of sp³-hybridized carbons (Fsp3) is 0.190. The predicted molar refractivity (Wildman–Crippen MR) is 115 cm³/mol. The van der Waals surface area contributed by atoms with Gasteiger partial charge in [-0.15, -0.1) is 12.4 Å². The summed E-state index contributed by atoms with van der Waals surface area (Å²) in [6, 6.07) is 17.1. The second-order valence-corrected chi connectivity index (χ2v) is 7.36. The number of hydrogen-bond donors (Lipinski definition) is 1.